The fraction of sp³-hybridized carbons (Fsp3) is 0.895. The van der Waals surface area contributed by atoms with E-state index in [4.69, 9.17) is 23.0 Å². The highest BCUT2D eigenvalue weighted by atomic mass is 33.1. The predicted molar refractivity (Wildman–Crippen MR) is 372 cm³/mol. The lowest BCUT2D eigenvalue weighted by Gasteiger charge is -2.59. The average Bonchev–Trinajstić information content (AvgIpc) is 2.89. The number of hydrogen-bond donors (Lipinski definition) is 4. The van der Waals surface area contributed by atoms with E-state index in [1.165, 1.54) is 5.57 Å². The second kappa shape index (κ2) is 22.3. The summed E-state index contributed by atoms with van der Waals surface area (Å²) in [5, 5.41) is 45.3. The summed E-state index contributed by atoms with van der Waals surface area (Å²) in [4.78, 5) is 25.1. The summed E-state index contributed by atoms with van der Waals surface area (Å²) >= 11 is 0. The van der Waals surface area contributed by atoms with Crippen molar-refractivity contribution in [3.8, 4) is 0 Å². The van der Waals surface area contributed by atoms with E-state index in [2.05, 4.69) is 158 Å². The topological polar surface area (TPSA) is 168 Å². The average molecular weight is 1400 g/mol. The van der Waals surface area contributed by atoms with Crippen LogP contribution in [0.1, 0.15) is 186 Å². The number of ketones is 2. The van der Waals surface area contributed by atoms with Gasteiger partial charge in [-0.3, -0.25) is 9.59 Å². The molecule has 14 aliphatic rings. The Morgan fingerprint density at radius 2 is 1.16 bits per heavy atom. The first kappa shape index (κ1) is 67.9. The fourth-order valence-corrected chi connectivity index (χ4v) is 90.2. The summed E-state index contributed by atoms with van der Waals surface area (Å²) in [6.45, 7) is 26.7. The fourth-order valence-electron chi connectivity index (χ4n) is 22.1. The maximum atomic E-state index is 12.6. The molecule has 31 atom stereocenters. The van der Waals surface area contributed by atoms with Gasteiger partial charge in [0.2, 0.25) is 0 Å². The van der Waals surface area contributed by atoms with Crippen molar-refractivity contribution in [2.45, 2.75) is 250 Å². The van der Waals surface area contributed by atoms with Crippen molar-refractivity contribution in [2.24, 2.45) is 67.0 Å². The summed E-state index contributed by atoms with van der Waals surface area (Å²) in [6, 6.07) is 0. The molecule has 0 aromatic rings. The highest BCUT2D eigenvalue weighted by molar-refractivity contribution is 9.10. The number of carbonyl (C=O) groups is 2. The highest BCUT2D eigenvalue weighted by Gasteiger charge is 2.90. The molecule has 8 bridgehead atoms. The molecule has 25 heteroatoms. The molecule has 27 unspecified atom stereocenters. The molecule has 464 valence electrons. The SMILES string of the molecule is CC1(C)C2CCC1(C)C13OC1CCC3(O)C2OPP.CC1(C)C2CCC1(C)[C@@]13O[C@@H]1CC[C@@]3(O)C2=O.CC12CCC(C(=O)[C@]3(O)CCC=C13)C2(C)C.CC1=CCC2C(OPP)C3(O)CCC(OP(P(P)P)P(PP)P(P)P)C3(C1)C2(C)C. The molecule has 14 rings (SSSR count). The Balaban J connectivity index is 0.000000118. The molecule has 82 heavy (non-hydrogen) atoms. The van der Waals surface area contributed by atoms with E-state index in [1.807, 2.05) is 0 Å². The zero-order valence-electron chi connectivity index (χ0n) is 50.6. The molecule has 2 aliphatic heterocycles. The number of aliphatic hydroxyl groups is 4. The number of ether oxygens (including phenoxy) is 2. The summed E-state index contributed by atoms with van der Waals surface area (Å²) < 4.78 is 31.7. The summed E-state index contributed by atoms with van der Waals surface area (Å²) in [7, 11) is 21.6. The largest absolute Gasteiger partial charge is 0.386 e. The van der Waals surface area contributed by atoms with Crippen molar-refractivity contribution in [3.63, 3.8) is 0 Å². The molecule has 11 nitrogen and oxygen atoms in total. The molecule has 3 spiro atoms. The molecule has 0 aromatic heterocycles. The second-order valence-electron chi connectivity index (χ2n) is 30.3. The van der Waals surface area contributed by atoms with Crippen molar-refractivity contribution >= 4 is 128 Å². The van der Waals surface area contributed by atoms with Gasteiger partial charge in [0, 0.05) is 52.1 Å². The smallest absolute Gasteiger partial charge is 0.172 e. The molecule has 4 N–H and O–H groups in total. The summed E-state index contributed by atoms with van der Waals surface area (Å²) in [6.07, 6.45) is 19.5. The minimum absolute atomic E-state index is 0.00644. The predicted octanol–water partition coefficient (Wildman–Crippen LogP) is 16.2. The first-order chi connectivity index (χ1) is 38.0. The van der Waals surface area contributed by atoms with Gasteiger partial charge in [-0.2, -0.15) is 0 Å². The third-order valence-electron chi connectivity index (χ3n) is 27.4. The van der Waals surface area contributed by atoms with Crippen LogP contribution >= 0.6 is 116 Å². The highest BCUT2D eigenvalue weighted by Crippen LogP contribution is 3.10. The number of rotatable bonds is 10. The molecular formula is C57H100O11P14. The van der Waals surface area contributed by atoms with E-state index >= 15 is 0 Å². The second-order valence-corrected chi connectivity index (χ2v) is 67.2. The molecule has 12 aliphatic carbocycles. The lowest BCUT2D eigenvalue weighted by atomic mass is 9.49. The van der Waals surface area contributed by atoms with Crippen molar-refractivity contribution in [3.05, 3.63) is 23.3 Å². The summed E-state index contributed by atoms with van der Waals surface area (Å²) in [5.41, 5.74) is -2.42. The first-order valence-corrected chi connectivity index (χ1v) is 53.2. The molecule has 0 aromatic carbocycles. The molecule has 2 heterocycles. The van der Waals surface area contributed by atoms with Crippen LogP contribution in [0.3, 0.4) is 0 Å². The molecule has 0 amide bonds. The van der Waals surface area contributed by atoms with Crippen LogP contribution in [-0.2, 0) is 32.6 Å². The van der Waals surface area contributed by atoms with Crippen LogP contribution in [0.15, 0.2) is 23.3 Å². The van der Waals surface area contributed by atoms with Gasteiger partial charge < -0.3 is 43.5 Å². The van der Waals surface area contributed by atoms with E-state index < -0.39 is 35.5 Å². The minimum Gasteiger partial charge on any atom is -0.386 e. The molecule has 2 saturated heterocycles. The van der Waals surface area contributed by atoms with E-state index in [1.54, 1.807) is 0 Å². The van der Waals surface area contributed by atoms with Gasteiger partial charge >= 0.3 is 0 Å². The molecule has 10 saturated carbocycles. The van der Waals surface area contributed by atoms with E-state index in [9.17, 15) is 30.0 Å². The van der Waals surface area contributed by atoms with Gasteiger partial charge in [-0.1, -0.05) is 120 Å². The standard InChI is InChI=1S/C15H36O3P12.C14H24O3P2.C14H20O3.C14H20O2/c1-9-4-5-10-12(17-25-19)15(16)7-6-11(14(15,8-9)13(10,2)3)18-27(28(21)22)30(26-20)29(23)24;1-11(2)8-4-6-12(11,3)14-9(16-14)5-7-13(14,15)10(8)17-19-18;1-11(2)8-4-6-12(11,3)14-9(17-14)5-7-13(14,16)10(8)15;1-12(2)9-6-8-13(12,3)10-5-4-7-14(10,16)11(9)15/h4,10-12,16,25-26H,5-8,19-24H2,1-3H3;8-10,15,19H,4-7,18H2,1-3H3;8-9,16H,4-7H2,1-3H3;5,9,16H,4,6-8H2,1-3H3/t;;8?,9-,12?,13-,14+;9?,13?,14-/m..10/s1. The Hall–Kier alpha value is 4.48. The maximum absolute atomic E-state index is 12.6. The Kier molecular flexibility index (Phi) is 18.4. The van der Waals surface area contributed by atoms with Gasteiger partial charge in [-0.15, -0.1) is 44.6 Å². The first-order valence-electron chi connectivity index (χ1n) is 30.2. The number of Topliss-reactive ketones (excluding diaryl/α,β-unsaturated/α-hetero) is 2. The zero-order valence-corrected chi connectivity index (χ0v) is 65.3. The molecule has 0 radical (unpaired) electrons. The van der Waals surface area contributed by atoms with Gasteiger partial charge in [0.1, 0.15) is 28.0 Å². The van der Waals surface area contributed by atoms with Crippen LogP contribution in [0, 0.1) is 67.0 Å². The van der Waals surface area contributed by atoms with E-state index in [0.717, 1.165) is 103 Å². The van der Waals surface area contributed by atoms with Crippen molar-refractivity contribution in [1.82, 2.24) is 0 Å². The quantitative estimate of drug-likeness (QED) is 0.0933. The van der Waals surface area contributed by atoms with Gasteiger partial charge in [-0.05, 0) is 168 Å². The number of carbonyl (C=O) groups excluding carboxylic acids is 2. The van der Waals surface area contributed by atoms with Crippen LogP contribution in [0.5, 0.6) is 0 Å². The van der Waals surface area contributed by atoms with Crippen LogP contribution in [-0.4, -0.2) is 96.1 Å². The number of fused-ring (bicyclic) bond motifs is 9. The van der Waals surface area contributed by atoms with Crippen molar-refractivity contribution < 1.29 is 53.1 Å². The Morgan fingerprint density at radius 1 is 0.598 bits per heavy atom. The van der Waals surface area contributed by atoms with E-state index in [0.29, 0.717) is 41.7 Å². The van der Waals surface area contributed by atoms with Crippen LogP contribution in [0.4, 0.5) is 0 Å². The Labute approximate surface area is 517 Å². The van der Waals surface area contributed by atoms with Gasteiger partial charge in [0.15, 0.2) is 17.2 Å². The van der Waals surface area contributed by atoms with Crippen molar-refractivity contribution in [1.29, 1.82) is 0 Å². The molecular weight excluding hydrogens is 1290 g/mol. The Bertz CT molecular complexity index is 2670. The van der Waals surface area contributed by atoms with Gasteiger partial charge in [0.25, 0.3) is 0 Å². The third-order valence-corrected chi connectivity index (χ3v) is 76.3. The Morgan fingerprint density at radius 3 is 1.76 bits per heavy atom. The number of allylic oxidation sites excluding steroid dienone is 3. The van der Waals surface area contributed by atoms with Crippen LogP contribution in [0.25, 0.3) is 0 Å². The summed E-state index contributed by atoms with van der Waals surface area (Å²) in [5.74, 6) is 1.01. The number of epoxide rings is 2. The van der Waals surface area contributed by atoms with Gasteiger partial charge in [-0.25, -0.2) is 0 Å². The lowest BCUT2D eigenvalue weighted by Crippen LogP contribution is -2.69. The van der Waals surface area contributed by atoms with E-state index in [-0.39, 0.29) is 124 Å². The van der Waals surface area contributed by atoms with Crippen LogP contribution < -0.4 is 0 Å². The van der Waals surface area contributed by atoms with Crippen LogP contribution in [0.2, 0.25) is 0 Å². The maximum Gasteiger partial charge on any atom is 0.172 e. The lowest BCUT2D eigenvalue weighted by molar-refractivity contribution is -0.222. The monoisotopic (exact) mass is 1390 g/mol. The third kappa shape index (κ3) is 8.55. The van der Waals surface area contributed by atoms with Crippen molar-refractivity contribution in [2.75, 3.05) is 0 Å². The minimum atomic E-state index is -1.18. The number of hydrogen-bond acceptors (Lipinski definition) is 11. The molecule has 12 fully saturated rings. The van der Waals surface area contributed by atoms with Gasteiger partial charge in [0.05, 0.1) is 38.0 Å². The normalized spacial score (nSPS) is 51.5. The zero-order chi connectivity index (χ0) is 60.2.